The van der Waals surface area contributed by atoms with Gasteiger partial charge in [0.25, 0.3) is 0 Å². The van der Waals surface area contributed by atoms with Crippen LogP contribution in [0.3, 0.4) is 0 Å². The standard InChI is InChI=1S/C15H15BrClNO/c16-13-4-6-15(7-5-13)19-9-8-18-11-12-2-1-3-14(17)10-12/h1-7,10,18H,8-9,11H2. The third-order valence-corrected chi connectivity index (χ3v) is 3.34. The highest BCUT2D eigenvalue weighted by Gasteiger charge is 1.95. The van der Waals surface area contributed by atoms with Gasteiger partial charge in [-0.2, -0.15) is 0 Å². The number of halogens is 2. The van der Waals surface area contributed by atoms with E-state index in [-0.39, 0.29) is 0 Å². The number of rotatable bonds is 6. The van der Waals surface area contributed by atoms with Crippen molar-refractivity contribution >= 4 is 27.5 Å². The van der Waals surface area contributed by atoms with Crippen molar-refractivity contribution in [1.82, 2.24) is 5.32 Å². The molecule has 0 aliphatic rings. The van der Waals surface area contributed by atoms with Gasteiger partial charge in [-0.15, -0.1) is 0 Å². The van der Waals surface area contributed by atoms with Crippen molar-refractivity contribution in [3.8, 4) is 5.75 Å². The molecule has 0 heterocycles. The van der Waals surface area contributed by atoms with Gasteiger partial charge in [0.1, 0.15) is 12.4 Å². The summed E-state index contributed by atoms with van der Waals surface area (Å²) >= 11 is 9.31. The Labute approximate surface area is 126 Å². The summed E-state index contributed by atoms with van der Waals surface area (Å²) in [4.78, 5) is 0. The van der Waals surface area contributed by atoms with E-state index in [1.807, 2.05) is 42.5 Å². The first-order valence-corrected chi connectivity index (χ1v) is 7.25. The predicted molar refractivity (Wildman–Crippen MR) is 82.8 cm³/mol. The van der Waals surface area contributed by atoms with Crippen molar-refractivity contribution in [1.29, 1.82) is 0 Å². The average molecular weight is 341 g/mol. The van der Waals surface area contributed by atoms with Crippen LogP contribution in [0.15, 0.2) is 53.0 Å². The molecule has 1 N–H and O–H groups in total. The molecule has 2 nitrogen and oxygen atoms in total. The third-order valence-electron chi connectivity index (χ3n) is 2.58. The number of hydrogen-bond donors (Lipinski definition) is 1. The molecule has 0 aromatic heterocycles. The average Bonchev–Trinajstić information content (AvgIpc) is 2.41. The molecule has 0 aliphatic heterocycles. The first-order chi connectivity index (χ1) is 9.24. The molecule has 0 saturated heterocycles. The maximum atomic E-state index is 5.92. The van der Waals surface area contributed by atoms with Crippen molar-refractivity contribution in [3.63, 3.8) is 0 Å². The molecule has 0 saturated carbocycles. The lowest BCUT2D eigenvalue weighted by Gasteiger charge is -2.08. The Kier molecular flexibility index (Phi) is 5.70. The number of ether oxygens (including phenoxy) is 1. The summed E-state index contributed by atoms with van der Waals surface area (Å²) in [6, 6.07) is 15.7. The molecule has 2 rings (SSSR count). The second kappa shape index (κ2) is 7.53. The Morgan fingerprint density at radius 3 is 2.63 bits per heavy atom. The van der Waals surface area contributed by atoms with Gasteiger partial charge in [0.2, 0.25) is 0 Å². The van der Waals surface area contributed by atoms with Crippen LogP contribution in [0, 0.1) is 0 Å². The molecule has 0 bridgehead atoms. The Hall–Kier alpha value is -1.03. The van der Waals surface area contributed by atoms with E-state index in [1.165, 1.54) is 5.56 Å². The highest BCUT2D eigenvalue weighted by molar-refractivity contribution is 9.10. The second-order valence-electron chi connectivity index (χ2n) is 4.11. The van der Waals surface area contributed by atoms with Crippen molar-refractivity contribution < 1.29 is 4.74 Å². The summed E-state index contributed by atoms with van der Waals surface area (Å²) in [5, 5.41) is 4.09. The normalized spacial score (nSPS) is 10.4. The van der Waals surface area contributed by atoms with Gasteiger partial charge in [-0.3, -0.25) is 0 Å². The van der Waals surface area contributed by atoms with Gasteiger partial charge in [-0.05, 0) is 42.0 Å². The van der Waals surface area contributed by atoms with Crippen molar-refractivity contribution in [2.75, 3.05) is 13.2 Å². The van der Waals surface area contributed by atoms with E-state index in [0.717, 1.165) is 28.3 Å². The van der Waals surface area contributed by atoms with Crippen LogP contribution in [0.1, 0.15) is 5.56 Å². The molecule has 100 valence electrons. The molecular formula is C15H15BrClNO. The zero-order valence-corrected chi connectivity index (χ0v) is 12.7. The highest BCUT2D eigenvalue weighted by atomic mass is 79.9. The SMILES string of the molecule is Clc1cccc(CNCCOc2ccc(Br)cc2)c1. The Bertz CT molecular complexity index is 516. The van der Waals surface area contributed by atoms with E-state index in [1.54, 1.807) is 0 Å². The Morgan fingerprint density at radius 2 is 1.89 bits per heavy atom. The van der Waals surface area contributed by atoms with Gasteiger partial charge in [-0.25, -0.2) is 0 Å². The summed E-state index contributed by atoms with van der Waals surface area (Å²) < 4.78 is 6.67. The maximum absolute atomic E-state index is 5.92. The van der Waals surface area contributed by atoms with E-state index in [4.69, 9.17) is 16.3 Å². The highest BCUT2D eigenvalue weighted by Crippen LogP contribution is 2.15. The van der Waals surface area contributed by atoms with Crippen LogP contribution in [0.2, 0.25) is 5.02 Å². The first kappa shape index (κ1) is 14.4. The zero-order valence-electron chi connectivity index (χ0n) is 10.4. The smallest absolute Gasteiger partial charge is 0.119 e. The molecular weight excluding hydrogens is 326 g/mol. The van der Waals surface area contributed by atoms with Crippen LogP contribution in [0.25, 0.3) is 0 Å². The second-order valence-corrected chi connectivity index (χ2v) is 5.46. The van der Waals surface area contributed by atoms with Gasteiger partial charge in [-0.1, -0.05) is 39.7 Å². The molecule has 0 amide bonds. The summed E-state index contributed by atoms with van der Waals surface area (Å²) in [6.07, 6.45) is 0. The van der Waals surface area contributed by atoms with Gasteiger partial charge in [0, 0.05) is 22.6 Å². The van der Waals surface area contributed by atoms with Gasteiger partial charge >= 0.3 is 0 Å². The number of nitrogens with one attached hydrogen (secondary N) is 1. The fraction of sp³-hybridized carbons (Fsp3) is 0.200. The van der Waals surface area contributed by atoms with Crippen LogP contribution in [0.5, 0.6) is 5.75 Å². The van der Waals surface area contributed by atoms with Gasteiger partial charge in [0.15, 0.2) is 0 Å². The lowest BCUT2D eigenvalue weighted by Crippen LogP contribution is -2.20. The minimum absolute atomic E-state index is 0.641. The minimum atomic E-state index is 0.641. The fourth-order valence-corrected chi connectivity index (χ4v) is 2.13. The molecule has 0 aliphatic carbocycles. The number of hydrogen-bond acceptors (Lipinski definition) is 2. The molecule has 0 radical (unpaired) electrons. The van der Waals surface area contributed by atoms with E-state index >= 15 is 0 Å². The third kappa shape index (κ3) is 5.23. The molecule has 0 unspecified atom stereocenters. The monoisotopic (exact) mass is 339 g/mol. The van der Waals surface area contributed by atoms with Crippen molar-refractivity contribution in [2.45, 2.75) is 6.54 Å². The number of benzene rings is 2. The Morgan fingerprint density at radius 1 is 1.11 bits per heavy atom. The topological polar surface area (TPSA) is 21.3 Å². The van der Waals surface area contributed by atoms with Gasteiger partial charge in [0.05, 0.1) is 0 Å². The summed E-state index contributed by atoms with van der Waals surface area (Å²) in [6.45, 7) is 2.23. The van der Waals surface area contributed by atoms with Crippen molar-refractivity contribution in [2.24, 2.45) is 0 Å². The fourth-order valence-electron chi connectivity index (χ4n) is 1.65. The van der Waals surface area contributed by atoms with Crippen LogP contribution in [-0.4, -0.2) is 13.2 Å². The van der Waals surface area contributed by atoms with Crippen molar-refractivity contribution in [3.05, 3.63) is 63.6 Å². The zero-order chi connectivity index (χ0) is 13.5. The van der Waals surface area contributed by atoms with E-state index in [0.29, 0.717) is 6.61 Å². The minimum Gasteiger partial charge on any atom is -0.492 e. The molecule has 0 fully saturated rings. The van der Waals surface area contributed by atoms with E-state index in [2.05, 4.69) is 27.3 Å². The maximum Gasteiger partial charge on any atom is 0.119 e. The molecule has 0 atom stereocenters. The van der Waals surface area contributed by atoms with Gasteiger partial charge < -0.3 is 10.1 Å². The summed E-state index contributed by atoms with van der Waals surface area (Å²) in [5.41, 5.74) is 1.18. The predicted octanol–water partition coefficient (Wildman–Crippen LogP) is 4.27. The molecule has 4 heteroatoms. The lowest BCUT2D eigenvalue weighted by molar-refractivity contribution is 0.313. The summed E-state index contributed by atoms with van der Waals surface area (Å²) in [5.74, 6) is 0.882. The van der Waals surface area contributed by atoms with E-state index < -0.39 is 0 Å². The van der Waals surface area contributed by atoms with Crippen LogP contribution in [0.4, 0.5) is 0 Å². The lowest BCUT2D eigenvalue weighted by atomic mass is 10.2. The molecule has 2 aromatic carbocycles. The molecule has 0 spiro atoms. The van der Waals surface area contributed by atoms with Crippen LogP contribution < -0.4 is 10.1 Å². The summed E-state index contributed by atoms with van der Waals surface area (Å²) in [7, 11) is 0. The first-order valence-electron chi connectivity index (χ1n) is 6.07. The largest absolute Gasteiger partial charge is 0.492 e. The van der Waals surface area contributed by atoms with Crippen LogP contribution >= 0.6 is 27.5 Å². The molecule has 19 heavy (non-hydrogen) atoms. The Balaban J connectivity index is 1.66. The van der Waals surface area contributed by atoms with E-state index in [9.17, 15) is 0 Å². The quantitative estimate of drug-likeness (QED) is 0.793. The molecule has 2 aromatic rings. The van der Waals surface area contributed by atoms with Crippen LogP contribution in [-0.2, 0) is 6.54 Å².